The summed E-state index contributed by atoms with van der Waals surface area (Å²) >= 11 is 0. The van der Waals surface area contributed by atoms with Crippen LogP contribution in [0.2, 0.25) is 0 Å². The minimum Gasteiger partial charge on any atom is -0.496 e. The number of carbonyl (C=O) groups excluding carboxylic acids is 2. The van der Waals surface area contributed by atoms with Crippen molar-refractivity contribution >= 4 is 11.9 Å². The molecule has 6 heteroatoms. The monoisotopic (exact) mass is 383 g/mol. The summed E-state index contributed by atoms with van der Waals surface area (Å²) in [6.07, 6.45) is 1.00. The van der Waals surface area contributed by atoms with Gasteiger partial charge in [0, 0.05) is 18.7 Å². The Balaban J connectivity index is 1.79. The van der Waals surface area contributed by atoms with Gasteiger partial charge in [0.15, 0.2) is 0 Å². The molecule has 2 aromatic carbocycles. The topological polar surface area (TPSA) is 65.1 Å². The zero-order chi connectivity index (χ0) is 20.1. The van der Waals surface area contributed by atoms with E-state index in [4.69, 9.17) is 14.2 Å². The van der Waals surface area contributed by atoms with Crippen LogP contribution in [0, 0.1) is 0 Å². The van der Waals surface area contributed by atoms with Crippen LogP contribution < -0.4 is 4.74 Å². The van der Waals surface area contributed by atoms with Gasteiger partial charge in [-0.05, 0) is 41.8 Å². The van der Waals surface area contributed by atoms with Crippen molar-refractivity contribution in [2.75, 3.05) is 33.9 Å². The zero-order valence-electron chi connectivity index (χ0n) is 16.4. The minimum atomic E-state index is -0.444. The van der Waals surface area contributed by atoms with Gasteiger partial charge in [0.2, 0.25) is 0 Å². The van der Waals surface area contributed by atoms with Crippen LogP contribution in [0.5, 0.6) is 5.75 Å². The molecule has 28 heavy (non-hydrogen) atoms. The van der Waals surface area contributed by atoms with E-state index in [1.54, 1.807) is 12.1 Å². The summed E-state index contributed by atoms with van der Waals surface area (Å²) in [6.45, 7) is 3.88. The number of esters is 1. The highest BCUT2D eigenvalue weighted by molar-refractivity contribution is 5.95. The molecule has 0 saturated carbocycles. The van der Waals surface area contributed by atoms with Crippen LogP contribution in [0.1, 0.15) is 34.1 Å². The van der Waals surface area contributed by atoms with Crippen molar-refractivity contribution in [2.45, 2.75) is 19.4 Å². The molecule has 1 amide bonds. The van der Waals surface area contributed by atoms with Crippen LogP contribution in [-0.2, 0) is 9.47 Å². The van der Waals surface area contributed by atoms with Gasteiger partial charge < -0.3 is 19.1 Å². The van der Waals surface area contributed by atoms with Crippen LogP contribution in [0.25, 0.3) is 11.1 Å². The summed E-state index contributed by atoms with van der Waals surface area (Å²) in [6, 6.07) is 12.8. The number of hydrogen-bond donors (Lipinski definition) is 0. The zero-order valence-corrected chi connectivity index (χ0v) is 16.4. The first-order valence-corrected chi connectivity index (χ1v) is 9.35. The molecule has 1 unspecified atom stereocenters. The second-order valence-corrected chi connectivity index (χ2v) is 6.64. The second kappa shape index (κ2) is 8.89. The van der Waals surface area contributed by atoms with Crippen LogP contribution in [0.3, 0.4) is 0 Å². The van der Waals surface area contributed by atoms with Crippen molar-refractivity contribution in [1.29, 1.82) is 0 Å². The molecule has 3 rings (SSSR count). The first-order valence-electron chi connectivity index (χ1n) is 9.35. The molecule has 6 nitrogen and oxygen atoms in total. The maximum absolute atomic E-state index is 12.8. The van der Waals surface area contributed by atoms with Crippen LogP contribution in [0.4, 0.5) is 0 Å². The maximum atomic E-state index is 12.8. The van der Waals surface area contributed by atoms with Gasteiger partial charge in [0.1, 0.15) is 11.3 Å². The van der Waals surface area contributed by atoms with Gasteiger partial charge in [0.05, 0.1) is 26.9 Å². The Labute approximate surface area is 165 Å². The number of amides is 1. The fourth-order valence-electron chi connectivity index (χ4n) is 3.29. The van der Waals surface area contributed by atoms with E-state index in [2.05, 4.69) is 6.92 Å². The highest BCUT2D eigenvalue weighted by Gasteiger charge is 2.24. The first-order chi connectivity index (χ1) is 13.6. The smallest absolute Gasteiger partial charge is 0.341 e. The molecule has 0 radical (unpaired) electrons. The molecule has 0 aromatic heterocycles. The number of carbonyl (C=O) groups is 2. The van der Waals surface area contributed by atoms with Gasteiger partial charge in [-0.3, -0.25) is 4.79 Å². The fourth-order valence-corrected chi connectivity index (χ4v) is 3.29. The number of benzene rings is 2. The van der Waals surface area contributed by atoms with E-state index in [0.29, 0.717) is 36.6 Å². The van der Waals surface area contributed by atoms with Crippen LogP contribution >= 0.6 is 0 Å². The summed E-state index contributed by atoms with van der Waals surface area (Å²) in [4.78, 5) is 26.4. The van der Waals surface area contributed by atoms with E-state index in [1.165, 1.54) is 14.2 Å². The average molecular weight is 383 g/mol. The molecule has 1 aliphatic heterocycles. The molecule has 1 aliphatic rings. The summed E-state index contributed by atoms with van der Waals surface area (Å²) < 4.78 is 15.7. The second-order valence-electron chi connectivity index (χ2n) is 6.64. The Bertz CT molecular complexity index is 847. The van der Waals surface area contributed by atoms with Gasteiger partial charge in [-0.1, -0.05) is 25.1 Å². The molecule has 1 saturated heterocycles. The number of nitrogens with zero attached hydrogens (tertiary/aromatic N) is 1. The fraction of sp³-hybridized carbons (Fsp3) is 0.364. The third-order valence-corrected chi connectivity index (χ3v) is 4.95. The van der Waals surface area contributed by atoms with Gasteiger partial charge >= 0.3 is 5.97 Å². The molecule has 0 N–H and O–H groups in total. The Morgan fingerprint density at radius 2 is 1.82 bits per heavy atom. The molecule has 2 aromatic rings. The predicted octanol–water partition coefficient (Wildman–Crippen LogP) is 3.40. The molecule has 1 atom stereocenters. The highest BCUT2D eigenvalue weighted by Crippen LogP contribution is 2.28. The summed E-state index contributed by atoms with van der Waals surface area (Å²) in [5, 5.41) is 0. The Hall–Kier alpha value is -2.86. The molecule has 0 aliphatic carbocycles. The van der Waals surface area contributed by atoms with Crippen molar-refractivity contribution in [3.63, 3.8) is 0 Å². The van der Waals surface area contributed by atoms with E-state index in [9.17, 15) is 9.59 Å². The number of hydrogen-bond acceptors (Lipinski definition) is 5. The van der Waals surface area contributed by atoms with E-state index >= 15 is 0 Å². The van der Waals surface area contributed by atoms with Gasteiger partial charge in [-0.2, -0.15) is 0 Å². The Morgan fingerprint density at radius 1 is 1.11 bits per heavy atom. The van der Waals surface area contributed by atoms with Crippen molar-refractivity contribution in [3.05, 3.63) is 53.6 Å². The first kappa shape index (κ1) is 19.9. The molecule has 1 heterocycles. The van der Waals surface area contributed by atoms with Gasteiger partial charge in [-0.25, -0.2) is 4.79 Å². The number of ether oxygens (including phenoxy) is 3. The number of morpholine rings is 1. The predicted molar refractivity (Wildman–Crippen MR) is 106 cm³/mol. The highest BCUT2D eigenvalue weighted by atomic mass is 16.5. The normalized spacial score (nSPS) is 16.5. The van der Waals surface area contributed by atoms with E-state index < -0.39 is 5.97 Å². The van der Waals surface area contributed by atoms with E-state index in [0.717, 1.165) is 17.5 Å². The summed E-state index contributed by atoms with van der Waals surface area (Å²) in [7, 11) is 2.85. The van der Waals surface area contributed by atoms with Crippen molar-refractivity contribution in [2.24, 2.45) is 0 Å². The summed E-state index contributed by atoms with van der Waals surface area (Å²) in [5.41, 5.74) is 2.84. The molecule has 148 valence electrons. The van der Waals surface area contributed by atoms with E-state index in [-0.39, 0.29) is 12.0 Å². The lowest BCUT2D eigenvalue weighted by molar-refractivity contribution is -0.0226. The van der Waals surface area contributed by atoms with E-state index in [1.807, 2.05) is 35.2 Å². The van der Waals surface area contributed by atoms with Crippen molar-refractivity contribution in [3.8, 4) is 16.9 Å². The standard InChI is InChI=1S/C22H25NO5/c1-4-18-14-23(11-12-28-18)21(24)16-7-5-15(6-8-16)17-9-10-19(22(25)27-3)20(13-17)26-2/h5-10,13,18H,4,11-12,14H2,1-3H3. The molecular weight excluding hydrogens is 358 g/mol. The van der Waals surface area contributed by atoms with Crippen LogP contribution in [0.15, 0.2) is 42.5 Å². The molecule has 0 bridgehead atoms. The lowest BCUT2D eigenvalue weighted by Gasteiger charge is -2.32. The SMILES string of the molecule is CCC1CN(C(=O)c2ccc(-c3ccc(C(=O)OC)c(OC)c3)cc2)CCO1. The van der Waals surface area contributed by atoms with Gasteiger partial charge in [-0.15, -0.1) is 0 Å². The van der Waals surface area contributed by atoms with Gasteiger partial charge in [0.25, 0.3) is 5.91 Å². The lowest BCUT2D eigenvalue weighted by atomic mass is 10.0. The quantitative estimate of drug-likeness (QED) is 0.741. The summed E-state index contributed by atoms with van der Waals surface area (Å²) in [5.74, 6) is 0.0237. The third kappa shape index (κ3) is 4.17. The van der Waals surface area contributed by atoms with Crippen molar-refractivity contribution in [1.82, 2.24) is 4.90 Å². The number of methoxy groups -OCH3 is 2. The maximum Gasteiger partial charge on any atom is 0.341 e. The third-order valence-electron chi connectivity index (χ3n) is 4.95. The largest absolute Gasteiger partial charge is 0.496 e. The molecular formula is C22H25NO5. The lowest BCUT2D eigenvalue weighted by Crippen LogP contribution is -2.45. The molecule has 0 spiro atoms. The van der Waals surface area contributed by atoms with Crippen LogP contribution in [-0.4, -0.2) is 56.8 Å². The average Bonchev–Trinajstić information content (AvgIpc) is 2.77. The Morgan fingerprint density at radius 3 is 2.46 bits per heavy atom. The Kier molecular flexibility index (Phi) is 6.31. The molecule has 1 fully saturated rings. The number of rotatable bonds is 5. The van der Waals surface area contributed by atoms with Crippen molar-refractivity contribution < 1.29 is 23.8 Å². The minimum absolute atomic E-state index is 0.0203.